The second-order valence-corrected chi connectivity index (χ2v) is 10.7. The van der Waals surface area contributed by atoms with Crippen LogP contribution in [0.4, 0.5) is 0 Å². The van der Waals surface area contributed by atoms with Crippen LogP contribution < -0.4 is 15.9 Å². The highest BCUT2D eigenvalue weighted by Crippen LogP contribution is 2.42. The maximum atomic E-state index is 6.45. The summed E-state index contributed by atoms with van der Waals surface area (Å²) in [5.74, 6) is 0.823. The monoisotopic (exact) mass is 425 g/mol. The van der Waals surface area contributed by atoms with Crippen LogP contribution in [-0.2, 0) is 11.2 Å². The molecule has 0 spiro atoms. The number of hydrogen-bond acceptors (Lipinski definition) is 3. The number of rotatable bonds is 4. The third-order valence-electron chi connectivity index (χ3n) is 5.77. The Morgan fingerprint density at radius 3 is 2.20 bits per heavy atom. The minimum Gasteiger partial charge on any atom is -0.471 e. The molecule has 4 aromatic rings. The molecule has 0 radical (unpaired) electrons. The molecule has 30 heavy (non-hydrogen) atoms. The quantitative estimate of drug-likeness (QED) is 0.424. The van der Waals surface area contributed by atoms with E-state index in [1.807, 2.05) is 0 Å². The summed E-state index contributed by atoms with van der Waals surface area (Å²) in [5, 5.41) is 6.21. The smallest absolute Gasteiger partial charge is 0.228 e. The molecule has 0 saturated carbocycles. The van der Waals surface area contributed by atoms with E-state index in [0.29, 0.717) is 0 Å². The number of benzene rings is 3. The lowest BCUT2D eigenvalue weighted by molar-refractivity contribution is 0.207. The maximum absolute atomic E-state index is 6.45. The van der Waals surface area contributed by atoms with Crippen molar-refractivity contribution in [3.8, 4) is 0 Å². The predicted molar refractivity (Wildman–Crippen MR) is 127 cm³/mol. The minimum atomic E-state index is -0.664. The van der Waals surface area contributed by atoms with Crippen LogP contribution in [0, 0.1) is 0 Å². The molecule has 6 rings (SSSR count). The molecule has 4 heteroatoms. The van der Waals surface area contributed by atoms with Crippen molar-refractivity contribution in [2.45, 2.75) is 18.6 Å². The van der Waals surface area contributed by atoms with Gasteiger partial charge in [0.2, 0.25) is 5.90 Å². The van der Waals surface area contributed by atoms with E-state index in [-0.39, 0.29) is 12.1 Å². The third kappa shape index (κ3) is 3.01. The van der Waals surface area contributed by atoms with Gasteiger partial charge >= 0.3 is 0 Å². The van der Waals surface area contributed by atoms with Crippen molar-refractivity contribution in [3.63, 3.8) is 0 Å². The highest BCUT2D eigenvalue weighted by Gasteiger charge is 2.40. The van der Waals surface area contributed by atoms with Crippen LogP contribution in [0.2, 0.25) is 0 Å². The second-order valence-electron chi connectivity index (χ2n) is 7.58. The van der Waals surface area contributed by atoms with Gasteiger partial charge < -0.3 is 4.74 Å². The zero-order valence-electron chi connectivity index (χ0n) is 16.3. The second kappa shape index (κ2) is 7.50. The van der Waals surface area contributed by atoms with Crippen molar-refractivity contribution in [2.75, 3.05) is 0 Å². The number of nitrogens with zero attached hydrogens (tertiary/aromatic N) is 1. The molecule has 0 saturated heterocycles. The van der Waals surface area contributed by atoms with Gasteiger partial charge in [-0.2, -0.15) is 0 Å². The van der Waals surface area contributed by atoms with Crippen molar-refractivity contribution in [1.29, 1.82) is 0 Å². The topological polar surface area (TPSA) is 21.6 Å². The van der Waals surface area contributed by atoms with Gasteiger partial charge in [0.25, 0.3) is 0 Å². The first-order chi connectivity index (χ1) is 14.9. The van der Waals surface area contributed by atoms with Crippen molar-refractivity contribution in [3.05, 3.63) is 112 Å². The van der Waals surface area contributed by atoms with Crippen molar-refractivity contribution >= 4 is 41.1 Å². The van der Waals surface area contributed by atoms with Gasteiger partial charge in [-0.05, 0) is 41.1 Å². The van der Waals surface area contributed by atoms with E-state index in [4.69, 9.17) is 9.73 Å². The van der Waals surface area contributed by atoms with Crippen molar-refractivity contribution < 1.29 is 4.74 Å². The van der Waals surface area contributed by atoms with Crippen molar-refractivity contribution in [2.24, 2.45) is 4.99 Å². The fourth-order valence-electron chi connectivity index (χ4n) is 4.43. The zero-order valence-corrected chi connectivity index (χ0v) is 18.0. The van der Waals surface area contributed by atoms with Gasteiger partial charge in [-0.15, -0.1) is 11.3 Å². The van der Waals surface area contributed by atoms with E-state index >= 15 is 0 Å². The number of ether oxygens (including phenoxy) is 1. The fourth-order valence-corrected chi connectivity index (χ4v) is 8.01. The molecule has 2 aliphatic rings. The van der Waals surface area contributed by atoms with Crippen LogP contribution in [-0.4, -0.2) is 12.0 Å². The van der Waals surface area contributed by atoms with Crippen LogP contribution >= 0.6 is 19.3 Å². The SMILES string of the molecule is c1ccc(P(c2ccccc2)c2ccsc2C2=N[C@@H]3c4ccccc4C[C@@H]3O2)cc1. The van der Waals surface area contributed by atoms with E-state index in [0.717, 1.165) is 12.3 Å². The fraction of sp³-hybridized carbons (Fsp3) is 0.115. The average molecular weight is 425 g/mol. The predicted octanol–water partition coefficient (Wildman–Crippen LogP) is 4.95. The summed E-state index contributed by atoms with van der Waals surface area (Å²) in [7, 11) is -0.664. The van der Waals surface area contributed by atoms with Gasteiger partial charge in [-0.3, -0.25) is 0 Å². The Hall–Kier alpha value is -2.74. The maximum Gasteiger partial charge on any atom is 0.228 e. The molecule has 2 heterocycles. The van der Waals surface area contributed by atoms with Crippen LogP contribution in [0.3, 0.4) is 0 Å². The Kier molecular flexibility index (Phi) is 4.52. The van der Waals surface area contributed by atoms with Gasteiger partial charge in [-0.1, -0.05) is 84.9 Å². The lowest BCUT2D eigenvalue weighted by atomic mass is 10.1. The van der Waals surface area contributed by atoms with Crippen LogP contribution in [0.25, 0.3) is 0 Å². The average Bonchev–Trinajstić information content (AvgIpc) is 3.50. The van der Waals surface area contributed by atoms with Crippen LogP contribution in [0.5, 0.6) is 0 Å². The Morgan fingerprint density at radius 1 is 0.800 bits per heavy atom. The molecule has 0 fully saturated rings. The molecular formula is C26H20NOPS. The van der Waals surface area contributed by atoms with Gasteiger partial charge in [-0.25, -0.2) is 4.99 Å². The summed E-state index contributed by atoms with van der Waals surface area (Å²) < 4.78 is 6.45. The minimum absolute atomic E-state index is 0.130. The highest BCUT2D eigenvalue weighted by molar-refractivity contribution is 7.80. The molecule has 0 N–H and O–H groups in total. The Balaban J connectivity index is 1.43. The van der Waals surface area contributed by atoms with Crippen LogP contribution in [0.15, 0.2) is 101 Å². The largest absolute Gasteiger partial charge is 0.471 e. The van der Waals surface area contributed by atoms with Gasteiger partial charge in [0.15, 0.2) is 0 Å². The van der Waals surface area contributed by atoms with E-state index in [9.17, 15) is 0 Å². The standard InChI is InChI=1S/C26H20NOPS/c1-3-10-19(11-4-1)29(20-12-5-2-6-13-20)23-15-16-30-25(23)26-27-24-21-14-8-7-9-18(21)17-22(24)28-26/h1-16,22,24H,17H2/t22-,24+/m0/s1. The summed E-state index contributed by atoms with van der Waals surface area (Å²) in [5.41, 5.74) is 2.70. The molecule has 0 bridgehead atoms. The lowest BCUT2D eigenvalue weighted by Gasteiger charge is -2.20. The van der Waals surface area contributed by atoms with Gasteiger partial charge in [0.1, 0.15) is 12.1 Å². The summed E-state index contributed by atoms with van der Waals surface area (Å²) >= 11 is 1.74. The zero-order chi connectivity index (χ0) is 19.9. The first-order valence-electron chi connectivity index (χ1n) is 10.2. The Morgan fingerprint density at radius 2 is 1.47 bits per heavy atom. The Labute approximate surface area is 181 Å². The Bertz CT molecular complexity index is 1180. The van der Waals surface area contributed by atoms with E-state index in [2.05, 4.69) is 96.4 Å². The molecular weight excluding hydrogens is 405 g/mol. The molecule has 1 aliphatic heterocycles. The molecule has 0 unspecified atom stereocenters. The number of aliphatic imine (C=N–C) groups is 1. The van der Waals surface area contributed by atoms with Gasteiger partial charge in [0.05, 0.1) is 4.88 Å². The highest BCUT2D eigenvalue weighted by atomic mass is 32.1. The summed E-state index contributed by atoms with van der Waals surface area (Å²) in [4.78, 5) is 6.26. The van der Waals surface area contributed by atoms with E-state index < -0.39 is 7.92 Å². The summed E-state index contributed by atoms with van der Waals surface area (Å²) in [6.07, 6.45) is 1.08. The lowest BCUT2D eigenvalue weighted by Crippen LogP contribution is -2.24. The first kappa shape index (κ1) is 18.1. The molecule has 1 aliphatic carbocycles. The molecule has 1 aromatic heterocycles. The molecule has 146 valence electrons. The number of fused-ring (bicyclic) bond motifs is 3. The molecule has 3 aromatic carbocycles. The molecule has 0 amide bonds. The summed E-state index contributed by atoms with van der Waals surface area (Å²) in [6, 6.07) is 32.6. The summed E-state index contributed by atoms with van der Waals surface area (Å²) in [6.45, 7) is 0. The number of thiophene rings is 1. The third-order valence-corrected chi connectivity index (χ3v) is 9.31. The van der Waals surface area contributed by atoms with Gasteiger partial charge in [0, 0.05) is 11.7 Å². The molecule has 2 atom stereocenters. The van der Waals surface area contributed by atoms with E-state index in [1.54, 1.807) is 11.3 Å². The normalized spacial score (nSPS) is 19.3. The first-order valence-corrected chi connectivity index (χ1v) is 12.4. The van der Waals surface area contributed by atoms with E-state index in [1.165, 1.54) is 31.9 Å². The molecule has 2 nitrogen and oxygen atoms in total. The van der Waals surface area contributed by atoms with Crippen LogP contribution in [0.1, 0.15) is 22.0 Å². The number of hydrogen-bond donors (Lipinski definition) is 0. The van der Waals surface area contributed by atoms with Crippen molar-refractivity contribution in [1.82, 2.24) is 0 Å².